The first-order valence-corrected chi connectivity index (χ1v) is 4.25. The van der Waals surface area contributed by atoms with Crippen molar-refractivity contribution in [2.75, 3.05) is 0 Å². The van der Waals surface area contributed by atoms with Crippen molar-refractivity contribution in [2.45, 2.75) is 18.5 Å². The molecule has 1 rings (SSSR count). The lowest BCUT2D eigenvalue weighted by Gasteiger charge is -2.19. The van der Waals surface area contributed by atoms with Crippen LogP contribution in [0.2, 0.25) is 0 Å². The summed E-state index contributed by atoms with van der Waals surface area (Å²) >= 11 is 0. The second-order valence-corrected chi connectivity index (χ2v) is 3.18. The van der Waals surface area contributed by atoms with E-state index in [4.69, 9.17) is 0 Å². The zero-order valence-electron chi connectivity index (χ0n) is 8.14. The molecule has 1 aromatic rings. The van der Waals surface area contributed by atoms with E-state index < -0.39 is 29.6 Å². The van der Waals surface area contributed by atoms with Gasteiger partial charge in [-0.05, 0) is 17.7 Å². The molecule has 1 nitrogen and oxygen atoms in total. The van der Waals surface area contributed by atoms with Gasteiger partial charge in [-0.15, -0.1) is 0 Å². The summed E-state index contributed by atoms with van der Waals surface area (Å²) in [7, 11) is 4.47. The minimum Gasteiger partial charge on any atom is -0.355 e. The Balaban J connectivity index is 3.02. The van der Waals surface area contributed by atoms with Gasteiger partial charge in [-0.1, -0.05) is 12.1 Å². The highest BCUT2D eigenvalue weighted by Crippen LogP contribution is 2.37. The molecule has 0 heterocycles. The van der Waals surface area contributed by atoms with Crippen LogP contribution >= 0.6 is 0 Å². The maximum atomic E-state index is 12.3. The second-order valence-electron chi connectivity index (χ2n) is 3.18. The van der Waals surface area contributed by atoms with Crippen molar-refractivity contribution < 1.29 is 31.1 Å². The standard InChI is InChI=1S/C10H6F6O/c1-17-8(10(14,15)16)6-2-4-7(5-3-6)9(11,12)13/h1-5,8H. The Kier molecular flexibility index (Phi) is 3.71. The highest BCUT2D eigenvalue weighted by atomic mass is 19.4. The van der Waals surface area contributed by atoms with Gasteiger partial charge in [-0.3, -0.25) is 0 Å². The molecule has 0 aliphatic rings. The molecule has 0 saturated heterocycles. The first-order valence-electron chi connectivity index (χ1n) is 4.25. The fraction of sp³-hybridized carbons (Fsp3) is 0.300. The average molecular weight is 256 g/mol. The lowest BCUT2D eigenvalue weighted by molar-refractivity contribution is -0.209. The summed E-state index contributed by atoms with van der Waals surface area (Å²) in [6.07, 6.45) is -11.8. The van der Waals surface area contributed by atoms with Crippen molar-refractivity contribution in [1.29, 1.82) is 0 Å². The van der Waals surface area contributed by atoms with Crippen LogP contribution in [0, 0.1) is 7.11 Å². The minimum absolute atomic E-state index is 0.493. The summed E-state index contributed by atoms with van der Waals surface area (Å²) in [4.78, 5) is 0. The first-order chi connectivity index (χ1) is 7.66. The maximum absolute atomic E-state index is 12.3. The molecule has 0 saturated carbocycles. The van der Waals surface area contributed by atoms with Gasteiger partial charge in [0, 0.05) is 0 Å². The zero-order chi connectivity index (χ0) is 13.3. The molecular weight excluding hydrogens is 250 g/mol. The quantitative estimate of drug-likeness (QED) is 0.727. The van der Waals surface area contributed by atoms with Crippen molar-refractivity contribution in [1.82, 2.24) is 0 Å². The highest BCUT2D eigenvalue weighted by Gasteiger charge is 2.41. The lowest BCUT2D eigenvalue weighted by atomic mass is 10.1. The van der Waals surface area contributed by atoms with E-state index in [1.54, 1.807) is 0 Å². The normalized spacial score (nSPS) is 14.8. The predicted octanol–water partition coefficient (Wildman–Crippen LogP) is 3.99. The van der Waals surface area contributed by atoms with E-state index in [-0.39, 0.29) is 0 Å². The molecule has 0 bridgehead atoms. The molecule has 7 heteroatoms. The number of ether oxygens (including phenoxy) is 1. The first kappa shape index (κ1) is 13.8. The van der Waals surface area contributed by atoms with Crippen LogP contribution in [0.1, 0.15) is 17.2 Å². The van der Waals surface area contributed by atoms with Crippen LogP contribution in [-0.4, -0.2) is 6.18 Å². The lowest BCUT2D eigenvalue weighted by Crippen LogP contribution is -2.22. The number of hydrogen-bond donors (Lipinski definition) is 0. The van der Waals surface area contributed by atoms with Gasteiger partial charge in [0.1, 0.15) is 7.11 Å². The third-order valence-electron chi connectivity index (χ3n) is 1.97. The molecule has 0 amide bonds. The number of alkyl halides is 6. The predicted molar refractivity (Wildman–Crippen MR) is 45.6 cm³/mol. The molecule has 0 spiro atoms. The largest absolute Gasteiger partial charge is 0.418 e. The zero-order valence-corrected chi connectivity index (χ0v) is 8.14. The third-order valence-corrected chi connectivity index (χ3v) is 1.97. The molecule has 2 radical (unpaired) electrons. The molecule has 0 N–H and O–H groups in total. The van der Waals surface area contributed by atoms with Gasteiger partial charge in [-0.25, -0.2) is 0 Å². The Hall–Kier alpha value is -1.24. The number of halogens is 6. The Labute approximate surface area is 93.0 Å². The van der Waals surface area contributed by atoms with Crippen LogP contribution in [-0.2, 0) is 10.9 Å². The molecule has 1 atom stereocenters. The molecule has 1 unspecified atom stereocenters. The monoisotopic (exact) mass is 256 g/mol. The molecule has 1 aromatic carbocycles. The topological polar surface area (TPSA) is 9.23 Å². The fourth-order valence-electron chi connectivity index (χ4n) is 1.19. The summed E-state index contributed by atoms with van der Waals surface area (Å²) in [5.41, 5.74) is -1.54. The number of rotatable bonds is 2. The summed E-state index contributed by atoms with van der Waals surface area (Å²) in [5.74, 6) is 0. The SMILES string of the molecule is [CH]OC(c1ccc(C(F)(F)F)cc1)C(F)(F)F. The van der Waals surface area contributed by atoms with Gasteiger partial charge in [0.15, 0.2) is 6.10 Å². The van der Waals surface area contributed by atoms with Crippen molar-refractivity contribution in [3.05, 3.63) is 42.5 Å². The summed E-state index contributed by atoms with van der Waals surface area (Å²) in [5, 5.41) is 0. The van der Waals surface area contributed by atoms with E-state index in [2.05, 4.69) is 11.8 Å². The van der Waals surface area contributed by atoms with Crippen LogP contribution in [0.3, 0.4) is 0 Å². The third kappa shape index (κ3) is 3.36. The van der Waals surface area contributed by atoms with E-state index in [1.165, 1.54) is 0 Å². The van der Waals surface area contributed by atoms with Crippen molar-refractivity contribution >= 4 is 0 Å². The van der Waals surface area contributed by atoms with Gasteiger partial charge in [-0.2, -0.15) is 26.3 Å². The summed E-state index contributed by atoms with van der Waals surface area (Å²) in [6, 6.07) is 2.42. The highest BCUT2D eigenvalue weighted by molar-refractivity contribution is 5.26. The van der Waals surface area contributed by atoms with E-state index in [1.807, 2.05) is 0 Å². The fourth-order valence-corrected chi connectivity index (χ4v) is 1.19. The molecule has 0 aliphatic carbocycles. The van der Waals surface area contributed by atoms with Gasteiger partial charge < -0.3 is 4.74 Å². The Bertz CT molecular complexity index is 364. The van der Waals surface area contributed by atoms with Crippen LogP contribution in [0.15, 0.2) is 24.3 Å². The number of hydrogen-bond acceptors (Lipinski definition) is 1. The maximum Gasteiger partial charge on any atom is 0.418 e. The molecule has 0 fully saturated rings. The second kappa shape index (κ2) is 4.56. The minimum atomic E-state index is -4.78. The van der Waals surface area contributed by atoms with Gasteiger partial charge >= 0.3 is 12.4 Å². The average Bonchev–Trinajstić information content (AvgIpc) is 2.16. The van der Waals surface area contributed by atoms with Crippen LogP contribution in [0.5, 0.6) is 0 Å². The van der Waals surface area contributed by atoms with Crippen molar-refractivity contribution in [3.63, 3.8) is 0 Å². The number of benzene rings is 1. The van der Waals surface area contributed by atoms with Crippen molar-refractivity contribution in [3.8, 4) is 0 Å². The smallest absolute Gasteiger partial charge is 0.355 e. The van der Waals surface area contributed by atoms with Crippen LogP contribution in [0.4, 0.5) is 26.3 Å². The molecule has 0 aliphatic heterocycles. The van der Waals surface area contributed by atoms with Crippen LogP contribution < -0.4 is 0 Å². The van der Waals surface area contributed by atoms with Gasteiger partial charge in [0.25, 0.3) is 0 Å². The van der Waals surface area contributed by atoms with Gasteiger partial charge in [0.05, 0.1) is 5.56 Å². The molecule has 0 aromatic heterocycles. The van der Waals surface area contributed by atoms with Gasteiger partial charge in [0.2, 0.25) is 0 Å². The molecule has 94 valence electrons. The summed E-state index contributed by atoms with van der Waals surface area (Å²) in [6.45, 7) is 0. The molecule has 17 heavy (non-hydrogen) atoms. The van der Waals surface area contributed by atoms with E-state index >= 15 is 0 Å². The van der Waals surface area contributed by atoms with Crippen molar-refractivity contribution in [2.24, 2.45) is 0 Å². The Morgan fingerprint density at radius 2 is 1.41 bits per heavy atom. The van der Waals surface area contributed by atoms with E-state index in [0.29, 0.717) is 24.3 Å². The summed E-state index contributed by atoms with van der Waals surface area (Å²) < 4.78 is 77.1. The Morgan fingerprint density at radius 1 is 0.941 bits per heavy atom. The Morgan fingerprint density at radius 3 is 1.71 bits per heavy atom. The van der Waals surface area contributed by atoms with E-state index in [0.717, 1.165) is 0 Å². The molecular formula is C10H6F6O. The van der Waals surface area contributed by atoms with Crippen LogP contribution in [0.25, 0.3) is 0 Å². The van der Waals surface area contributed by atoms with E-state index in [9.17, 15) is 26.3 Å².